The van der Waals surface area contributed by atoms with Crippen molar-refractivity contribution in [2.45, 2.75) is 29.7 Å². The SMILES string of the molecule is Cc1ccccc1COc1ccc(Cl)cc1[C@@H]1c2sc(=O)[nH]c2S[C@H]2C(=O)N(c3ccc([N+](=O)[O-])cc3)C(=O)[C@@H]12. The summed E-state index contributed by atoms with van der Waals surface area (Å²) in [4.78, 5) is 54.9. The molecule has 0 saturated carbocycles. The van der Waals surface area contributed by atoms with Gasteiger partial charge in [-0.25, -0.2) is 4.90 Å². The van der Waals surface area contributed by atoms with Crippen LogP contribution in [0.15, 0.2) is 76.6 Å². The number of amides is 2. The van der Waals surface area contributed by atoms with Crippen molar-refractivity contribution in [3.63, 3.8) is 0 Å². The number of halogens is 1. The summed E-state index contributed by atoms with van der Waals surface area (Å²) in [5.74, 6) is -1.97. The Morgan fingerprint density at radius 3 is 2.52 bits per heavy atom. The van der Waals surface area contributed by atoms with Gasteiger partial charge in [-0.3, -0.25) is 24.5 Å². The lowest BCUT2D eigenvalue weighted by Crippen LogP contribution is -2.32. The summed E-state index contributed by atoms with van der Waals surface area (Å²) < 4.78 is 6.27. The average molecular weight is 594 g/mol. The van der Waals surface area contributed by atoms with E-state index in [2.05, 4.69) is 4.98 Å². The molecule has 1 saturated heterocycles. The third-order valence-electron chi connectivity index (χ3n) is 7.09. The van der Waals surface area contributed by atoms with Crippen LogP contribution in [0.4, 0.5) is 11.4 Å². The first-order chi connectivity index (χ1) is 19.2. The van der Waals surface area contributed by atoms with E-state index in [1.807, 2.05) is 31.2 Å². The maximum Gasteiger partial charge on any atom is 0.305 e. The Hall–Kier alpha value is -3.93. The number of hydrogen-bond acceptors (Lipinski definition) is 8. The molecule has 2 aliphatic rings. The first-order valence-corrected chi connectivity index (χ1v) is 14.3. The highest BCUT2D eigenvalue weighted by atomic mass is 35.5. The number of thiazole rings is 1. The number of anilines is 1. The zero-order chi connectivity index (χ0) is 28.1. The van der Waals surface area contributed by atoms with Crippen molar-refractivity contribution < 1.29 is 19.2 Å². The highest BCUT2D eigenvalue weighted by molar-refractivity contribution is 8.00. The summed E-state index contributed by atoms with van der Waals surface area (Å²) in [5, 5.41) is 11.2. The lowest BCUT2D eigenvalue weighted by Gasteiger charge is -2.31. The number of H-pyrrole nitrogens is 1. The van der Waals surface area contributed by atoms with E-state index in [0.717, 1.165) is 39.1 Å². The number of non-ortho nitro benzene ring substituents is 1. The monoisotopic (exact) mass is 593 g/mol. The number of benzene rings is 3. The number of nitro benzene ring substituents is 1. The van der Waals surface area contributed by atoms with E-state index in [1.165, 1.54) is 24.3 Å². The quantitative estimate of drug-likeness (QED) is 0.173. The second-order valence-corrected chi connectivity index (χ2v) is 12.0. The number of fused-ring (bicyclic) bond motifs is 2. The Bertz CT molecular complexity index is 1730. The topological polar surface area (TPSA) is 123 Å². The molecule has 1 aromatic heterocycles. The summed E-state index contributed by atoms with van der Waals surface area (Å²) in [6.45, 7) is 2.26. The number of carbonyl (C=O) groups excluding carboxylic acids is 2. The summed E-state index contributed by atoms with van der Waals surface area (Å²) in [5.41, 5.74) is 2.74. The van der Waals surface area contributed by atoms with E-state index in [-0.39, 0.29) is 22.9 Å². The molecule has 0 radical (unpaired) electrons. The molecular weight excluding hydrogens is 574 g/mol. The molecule has 0 bridgehead atoms. The fraction of sp³-hybridized carbons (Fsp3) is 0.179. The van der Waals surface area contributed by atoms with Gasteiger partial charge in [0.05, 0.1) is 21.6 Å². The number of nitrogens with zero attached hydrogens (tertiary/aromatic N) is 2. The minimum absolute atomic E-state index is 0.151. The van der Waals surface area contributed by atoms with Gasteiger partial charge in [-0.15, -0.1) is 0 Å². The van der Waals surface area contributed by atoms with E-state index >= 15 is 0 Å². The molecule has 0 spiro atoms. The molecule has 4 aromatic rings. The molecule has 3 heterocycles. The number of nitro groups is 1. The molecule has 6 rings (SSSR count). The number of thioether (sulfide) groups is 1. The second-order valence-electron chi connectivity index (χ2n) is 9.43. The summed E-state index contributed by atoms with van der Waals surface area (Å²) >= 11 is 8.58. The van der Waals surface area contributed by atoms with Crippen molar-refractivity contribution in [3.05, 3.63) is 113 Å². The number of carbonyl (C=O) groups is 2. The molecule has 2 aliphatic heterocycles. The van der Waals surface area contributed by atoms with E-state index in [0.29, 0.717) is 26.2 Å². The van der Waals surface area contributed by atoms with E-state index in [9.17, 15) is 24.5 Å². The number of rotatable bonds is 6. The Balaban J connectivity index is 1.43. The third kappa shape index (κ3) is 4.49. The van der Waals surface area contributed by atoms with Crippen LogP contribution in [-0.4, -0.2) is 27.0 Å². The first kappa shape index (κ1) is 26.3. The van der Waals surface area contributed by atoms with Crippen molar-refractivity contribution in [2.24, 2.45) is 5.92 Å². The van der Waals surface area contributed by atoms with Gasteiger partial charge in [-0.2, -0.15) is 0 Å². The second kappa shape index (κ2) is 10.2. The molecular formula is C28H20ClN3O6S2. The first-order valence-electron chi connectivity index (χ1n) is 12.2. The van der Waals surface area contributed by atoms with Gasteiger partial charge in [0.25, 0.3) is 5.69 Å². The van der Waals surface area contributed by atoms with Gasteiger partial charge < -0.3 is 9.72 Å². The van der Waals surface area contributed by atoms with Crippen LogP contribution < -0.4 is 14.5 Å². The minimum Gasteiger partial charge on any atom is -0.489 e. The number of ether oxygens (including phenoxy) is 1. The van der Waals surface area contributed by atoms with Crippen LogP contribution in [0.1, 0.15) is 27.5 Å². The molecule has 2 amide bonds. The highest BCUT2D eigenvalue weighted by Crippen LogP contribution is 2.54. The number of nitrogens with one attached hydrogen (secondary N) is 1. The smallest absolute Gasteiger partial charge is 0.305 e. The molecule has 3 atom stereocenters. The van der Waals surface area contributed by atoms with E-state index in [4.69, 9.17) is 16.3 Å². The summed E-state index contributed by atoms with van der Waals surface area (Å²) in [6, 6.07) is 18.3. The zero-order valence-corrected chi connectivity index (χ0v) is 23.2. The molecule has 0 aliphatic carbocycles. The molecule has 1 N–H and O–H groups in total. The van der Waals surface area contributed by atoms with Crippen molar-refractivity contribution in [1.29, 1.82) is 0 Å². The van der Waals surface area contributed by atoms with Crippen molar-refractivity contribution in [1.82, 2.24) is 4.98 Å². The number of imide groups is 1. The molecule has 202 valence electrons. The van der Waals surface area contributed by atoms with Gasteiger partial charge in [0.15, 0.2) is 0 Å². The Morgan fingerprint density at radius 2 is 1.80 bits per heavy atom. The molecule has 9 nitrogen and oxygen atoms in total. The Kier molecular flexibility index (Phi) is 6.73. The van der Waals surface area contributed by atoms with Crippen LogP contribution in [0.25, 0.3) is 0 Å². The van der Waals surface area contributed by atoms with Crippen LogP contribution in [0.2, 0.25) is 5.02 Å². The predicted molar refractivity (Wildman–Crippen MR) is 152 cm³/mol. The maximum atomic E-state index is 14.0. The maximum absolute atomic E-state index is 14.0. The number of aromatic amines is 1. The van der Waals surface area contributed by atoms with Gasteiger partial charge in [0, 0.05) is 33.5 Å². The zero-order valence-electron chi connectivity index (χ0n) is 20.8. The largest absolute Gasteiger partial charge is 0.489 e. The fourth-order valence-corrected chi connectivity index (χ4v) is 7.84. The van der Waals surface area contributed by atoms with E-state index in [1.54, 1.807) is 18.2 Å². The lowest BCUT2D eigenvalue weighted by molar-refractivity contribution is -0.384. The van der Waals surface area contributed by atoms with E-state index < -0.39 is 33.8 Å². The van der Waals surface area contributed by atoms with Crippen LogP contribution in [0.5, 0.6) is 5.75 Å². The van der Waals surface area contributed by atoms with Crippen LogP contribution >= 0.6 is 34.7 Å². The minimum atomic E-state index is -0.856. The summed E-state index contributed by atoms with van der Waals surface area (Å²) in [6.07, 6.45) is 0. The highest BCUT2D eigenvalue weighted by Gasteiger charge is 2.57. The molecule has 0 unspecified atom stereocenters. The molecule has 3 aromatic carbocycles. The fourth-order valence-electron chi connectivity index (χ4n) is 5.15. The molecule has 1 fully saturated rings. The van der Waals surface area contributed by atoms with Crippen molar-refractivity contribution in [2.75, 3.05) is 4.90 Å². The molecule has 40 heavy (non-hydrogen) atoms. The third-order valence-corrected chi connectivity index (χ3v) is 9.73. The predicted octanol–water partition coefficient (Wildman–Crippen LogP) is 5.68. The van der Waals surface area contributed by atoms with Crippen LogP contribution in [0, 0.1) is 23.0 Å². The normalized spacial score (nSPS) is 19.9. The Labute approximate surface area is 240 Å². The van der Waals surface area contributed by atoms with Gasteiger partial charge in [-0.05, 0) is 48.4 Å². The Morgan fingerprint density at radius 1 is 1.05 bits per heavy atom. The lowest BCUT2D eigenvalue weighted by atomic mass is 9.82. The summed E-state index contributed by atoms with van der Waals surface area (Å²) in [7, 11) is 0. The van der Waals surface area contributed by atoms with Crippen molar-refractivity contribution >= 4 is 57.9 Å². The van der Waals surface area contributed by atoms with Gasteiger partial charge in [0.1, 0.15) is 17.6 Å². The number of aryl methyl sites for hydroxylation is 1. The van der Waals surface area contributed by atoms with Crippen molar-refractivity contribution in [3.8, 4) is 5.75 Å². The standard InChI is InChI=1S/C28H20ClN3O6S2/c1-14-4-2-3-5-15(14)13-38-20-11-6-16(29)12-19(20)21-22-24(39-25-23(21)40-28(35)30-25)27(34)31(26(22)33)17-7-9-18(10-8-17)32(36)37/h2-12,21-22,24H,13H2,1H3,(H,30,35)/t21-,22-,24+/m0/s1. The van der Waals surface area contributed by atoms with Crippen LogP contribution in [0.3, 0.4) is 0 Å². The van der Waals surface area contributed by atoms with Gasteiger partial charge in [-0.1, -0.05) is 59.0 Å². The van der Waals surface area contributed by atoms with Gasteiger partial charge >= 0.3 is 4.87 Å². The molecule has 12 heteroatoms. The number of aromatic nitrogens is 1. The number of hydrogen-bond donors (Lipinski definition) is 1. The van der Waals surface area contributed by atoms with Gasteiger partial charge in [0.2, 0.25) is 11.8 Å². The average Bonchev–Trinajstić information content (AvgIpc) is 3.43. The van der Waals surface area contributed by atoms with Crippen LogP contribution in [-0.2, 0) is 16.2 Å².